The summed E-state index contributed by atoms with van der Waals surface area (Å²) in [5.41, 5.74) is 19.5. The summed E-state index contributed by atoms with van der Waals surface area (Å²) in [5, 5.41) is 3.23. The standard InChI is InChI=1S/C19H24FN5O3S.C15H16FN3O2S.C6H14N2O2S.CH4/c1-3-12-4-5-13(20)10-15(12)17(26)16-11-22-19(24-18(16)21)23-14-6-8-25(9-7-14)29(2,27)28;1-3-9-5-6-10(16)7-11(9)13(20)12-8-18-15(19-14(12)17)22(21)4-2;1-11(9,10)8-4-2-6(7)3-5-8;/h4-5,10-11,14H,3,6-9H2,1-2H3,(H3,21,22,23,24);5-8H,3-4H2,1-2H3,(H2,17,18,19);6H,2-5,7H2,1H3;1H4. The average Bonchev–Trinajstić information content (AvgIpc) is 3.23. The van der Waals surface area contributed by atoms with Crippen LogP contribution in [0.15, 0.2) is 53.9 Å². The molecule has 2 fully saturated rings. The molecular weight excluding hydrogens is 879 g/mol. The van der Waals surface area contributed by atoms with E-state index in [1.807, 2.05) is 13.8 Å². The molecule has 2 aliphatic rings. The van der Waals surface area contributed by atoms with Crippen molar-refractivity contribution in [3.05, 3.63) is 93.8 Å². The van der Waals surface area contributed by atoms with Crippen LogP contribution < -0.4 is 22.5 Å². The van der Waals surface area contributed by atoms with E-state index in [0.29, 0.717) is 63.2 Å². The zero-order valence-corrected chi connectivity index (χ0v) is 37.8. The SMILES string of the molecule is C.CCc1ccc(F)cc1C(=O)c1cnc(NC2CCN(S(C)(=O)=O)CC2)nc1N.CCc1ccc(F)cc1C(=O)c1cnc(S(=O)CC)nc1N.CS(=O)(=O)N1CCC(N)CC1. The second-order valence-corrected chi connectivity index (χ2v) is 20.2. The summed E-state index contributed by atoms with van der Waals surface area (Å²) in [6.45, 7) is 7.49. The number of sulfonamides is 2. The summed E-state index contributed by atoms with van der Waals surface area (Å²) in [6.07, 6.45) is 8.97. The summed E-state index contributed by atoms with van der Waals surface area (Å²) in [6, 6.07) is 8.34. The van der Waals surface area contributed by atoms with Crippen molar-refractivity contribution < 1.29 is 39.4 Å². The van der Waals surface area contributed by atoms with E-state index in [0.717, 1.165) is 18.4 Å². The Morgan fingerprint density at radius 1 is 0.730 bits per heavy atom. The number of halogens is 2. The third kappa shape index (κ3) is 14.6. The van der Waals surface area contributed by atoms with E-state index in [1.54, 1.807) is 19.1 Å². The fourth-order valence-electron chi connectivity index (χ4n) is 6.58. The van der Waals surface area contributed by atoms with Gasteiger partial charge in [-0.3, -0.25) is 13.8 Å². The average molecular weight is 937 g/mol. The highest BCUT2D eigenvalue weighted by Gasteiger charge is 2.26. The summed E-state index contributed by atoms with van der Waals surface area (Å²) in [4.78, 5) is 41.6. The molecule has 4 heterocycles. The maximum Gasteiger partial charge on any atom is 0.224 e. The molecule has 1 atom stereocenters. The molecule has 6 rings (SSSR count). The number of hydrogen-bond donors (Lipinski definition) is 4. The van der Waals surface area contributed by atoms with Gasteiger partial charge in [-0.25, -0.2) is 49.2 Å². The third-order valence-corrected chi connectivity index (χ3v) is 13.9. The summed E-state index contributed by atoms with van der Waals surface area (Å²) < 4.78 is 86.8. The third-order valence-electron chi connectivity index (χ3n) is 10.2. The van der Waals surface area contributed by atoms with Crippen LogP contribution in [0.2, 0.25) is 0 Å². The lowest BCUT2D eigenvalue weighted by Crippen LogP contribution is -2.42. The molecule has 2 saturated heterocycles. The van der Waals surface area contributed by atoms with Crippen molar-refractivity contribution in [3.63, 3.8) is 0 Å². The Bertz CT molecular complexity index is 2480. The molecule has 0 aliphatic carbocycles. The normalized spacial score (nSPS) is 15.7. The number of carbonyl (C=O) groups is 2. The number of anilines is 3. The smallest absolute Gasteiger partial charge is 0.224 e. The van der Waals surface area contributed by atoms with Gasteiger partial charge in [-0.15, -0.1) is 0 Å². The number of aromatic nitrogens is 4. The molecule has 22 heteroatoms. The number of ketones is 2. The van der Waals surface area contributed by atoms with Gasteiger partial charge < -0.3 is 22.5 Å². The van der Waals surface area contributed by atoms with Gasteiger partial charge in [-0.2, -0.15) is 4.98 Å². The minimum absolute atomic E-state index is 0. The maximum atomic E-state index is 13.6. The zero-order valence-electron chi connectivity index (χ0n) is 35.3. The first kappa shape index (κ1) is 52.5. The van der Waals surface area contributed by atoms with Crippen LogP contribution in [0.5, 0.6) is 0 Å². The summed E-state index contributed by atoms with van der Waals surface area (Å²) in [5.74, 6) is -1.28. The largest absolute Gasteiger partial charge is 0.383 e. The van der Waals surface area contributed by atoms with Crippen LogP contribution >= 0.6 is 0 Å². The van der Waals surface area contributed by atoms with E-state index in [1.165, 1.54) is 57.8 Å². The number of benzene rings is 2. The van der Waals surface area contributed by atoms with Gasteiger partial charge in [0.25, 0.3) is 0 Å². The molecule has 2 aromatic carbocycles. The topological polar surface area (TPSA) is 268 Å². The van der Waals surface area contributed by atoms with Gasteiger partial charge in [0.15, 0.2) is 11.6 Å². The van der Waals surface area contributed by atoms with Crippen molar-refractivity contribution >= 4 is 60.0 Å². The second-order valence-electron chi connectivity index (χ2n) is 14.6. The molecule has 63 heavy (non-hydrogen) atoms. The summed E-state index contributed by atoms with van der Waals surface area (Å²) >= 11 is 0. The first-order chi connectivity index (χ1) is 29.2. The Morgan fingerprint density at radius 2 is 1.16 bits per heavy atom. The number of rotatable bonds is 12. The molecule has 0 saturated carbocycles. The predicted octanol–water partition coefficient (Wildman–Crippen LogP) is 3.95. The molecular formula is C41H58F2N10O7S3. The van der Waals surface area contributed by atoms with Crippen LogP contribution in [-0.4, -0.2) is 118 Å². The highest BCUT2D eigenvalue weighted by atomic mass is 32.2. The van der Waals surface area contributed by atoms with Crippen LogP contribution in [0.25, 0.3) is 0 Å². The first-order valence-electron chi connectivity index (χ1n) is 19.9. The van der Waals surface area contributed by atoms with Crippen molar-refractivity contribution in [3.8, 4) is 0 Å². The lowest BCUT2D eigenvalue weighted by atomic mass is 9.98. The number of piperidine rings is 2. The Balaban J connectivity index is 0.000000274. The molecule has 0 radical (unpaired) electrons. The fourth-order valence-corrected chi connectivity index (χ4v) is 8.96. The van der Waals surface area contributed by atoms with E-state index in [2.05, 4.69) is 25.3 Å². The van der Waals surface area contributed by atoms with E-state index in [9.17, 15) is 39.4 Å². The van der Waals surface area contributed by atoms with Gasteiger partial charge in [0.2, 0.25) is 31.2 Å². The van der Waals surface area contributed by atoms with E-state index < -0.39 is 54.0 Å². The molecule has 0 bridgehead atoms. The van der Waals surface area contributed by atoms with Gasteiger partial charge in [0.1, 0.15) is 23.3 Å². The highest BCUT2D eigenvalue weighted by Crippen LogP contribution is 2.23. The van der Waals surface area contributed by atoms with Gasteiger partial charge in [-0.1, -0.05) is 40.3 Å². The van der Waals surface area contributed by atoms with Crippen molar-refractivity contribution in [1.29, 1.82) is 0 Å². The molecule has 2 aromatic heterocycles. The second kappa shape index (κ2) is 23.2. The first-order valence-corrected chi connectivity index (χ1v) is 24.9. The van der Waals surface area contributed by atoms with Crippen molar-refractivity contribution in [2.75, 3.05) is 61.2 Å². The Kier molecular flexibility index (Phi) is 19.3. The minimum Gasteiger partial charge on any atom is -0.383 e. The summed E-state index contributed by atoms with van der Waals surface area (Å²) in [7, 11) is -7.51. The van der Waals surface area contributed by atoms with E-state index in [-0.39, 0.29) is 64.5 Å². The molecule has 1 unspecified atom stereocenters. The molecule has 17 nitrogen and oxygen atoms in total. The molecule has 346 valence electrons. The van der Waals surface area contributed by atoms with Crippen LogP contribution in [0.4, 0.5) is 26.4 Å². The van der Waals surface area contributed by atoms with Crippen LogP contribution in [0, 0.1) is 11.6 Å². The highest BCUT2D eigenvalue weighted by molar-refractivity contribution is 7.88. The zero-order chi connectivity index (χ0) is 45.9. The maximum absolute atomic E-state index is 13.6. The number of nitrogen functional groups attached to an aromatic ring is 2. The number of nitrogens with zero attached hydrogens (tertiary/aromatic N) is 6. The Labute approximate surface area is 371 Å². The number of aryl methyl sites for hydroxylation is 2. The van der Waals surface area contributed by atoms with Gasteiger partial charge in [0.05, 0.1) is 34.4 Å². The fraction of sp³-hybridized carbons (Fsp3) is 0.463. The minimum atomic E-state index is -3.19. The van der Waals surface area contributed by atoms with Crippen molar-refractivity contribution in [2.24, 2.45) is 5.73 Å². The monoisotopic (exact) mass is 936 g/mol. The number of nitrogens with one attached hydrogen (secondary N) is 1. The van der Waals surface area contributed by atoms with Crippen molar-refractivity contribution in [1.82, 2.24) is 28.5 Å². The van der Waals surface area contributed by atoms with Crippen LogP contribution in [0.3, 0.4) is 0 Å². The van der Waals surface area contributed by atoms with E-state index in [4.69, 9.17) is 17.2 Å². The molecule has 7 N–H and O–H groups in total. The number of carbonyl (C=O) groups excluding carboxylic acids is 2. The molecule has 2 aliphatic heterocycles. The lowest BCUT2D eigenvalue weighted by molar-refractivity contribution is 0.103. The lowest BCUT2D eigenvalue weighted by Gasteiger charge is -2.30. The molecule has 0 spiro atoms. The Hall–Kier alpha value is -4.87. The van der Waals surface area contributed by atoms with E-state index >= 15 is 0 Å². The van der Waals surface area contributed by atoms with Gasteiger partial charge >= 0.3 is 0 Å². The van der Waals surface area contributed by atoms with Crippen LogP contribution in [-0.2, 0) is 43.7 Å². The number of hydrogen-bond acceptors (Lipinski definition) is 15. The number of nitrogens with two attached hydrogens (primary N) is 3. The molecule has 0 amide bonds. The molecule has 4 aromatic rings. The predicted molar refractivity (Wildman–Crippen MR) is 242 cm³/mol. The Morgan fingerprint density at radius 3 is 1.56 bits per heavy atom. The van der Waals surface area contributed by atoms with Crippen molar-refractivity contribution in [2.45, 2.75) is 84.0 Å². The van der Waals surface area contributed by atoms with Gasteiger partial charge in [0, 0.05) is 67.5 Å². The van der Waals surface area contributed by atoms with Crippen LogP contribution in [0.1, 0.15) is 96.9 Å². The van der Waals surface area contributed by atoms with Gasteiger partial charge in [-0.05, 0) is 73.9 Å². The quantitative estimate of drug-likeness (QED) is 0.116.